The first-order valence-corrected chi connectivity index (χ1v) is 8.31. The van der Waals surface area contributed by atoms with E-state index in [9.17, 15) is 14.4 Å². The van der Waals surface area contributed by atoms with Gasteiger partial charge in [-0.1, -0.05) is 30.3 Å². The molecule has 0 bridgehead atoms. The van der Waals surface area contributed by atoms with Crippen LogP contribution < -0.4 is 0 Å². The maximum absolute atomic E-state index is 12.7. The molecular formula is C19H20N2O4. The number of carbonyl (C=O) groups is 3. The first kappa shape index (κ1) is 17.0. The average Bonchev–Trinajstić information content (AvgIpc) is 3.24. The summed E-state index contributed by atoms with van der Waals surface area (Å²) in [6.45, 7) is 0.935. The molecule has 0 atom stereocenters. The summed E-state index contributed by atoms with van der Waals surface area (Å²) in [6.07, 6.45) is 2.17. The Morgan fingerprint density at radius 3 is 2.36 bits per heavy atom. The zero-order valence-corrected chi connectivity index (χ0v) is 13.9. The number of carbonyl (C=O) groups excluding carboxylic acids is 3. The smallest absolute Gasteiger partial charge is 0.229 e. The molecule has 0 N–H and O–H groups in total. The molecule has 6 nitrogen and oxygen atoms in total. The maximum atomic E-state index is 12.7. The highest BCUT2D eigenvalue weighted by Crippen LogP contribution is 2.15. The Kier molecular flexibility index (Phi) is 5.28. The van der Waals surface area contributed by atoms with Crippen LogP contribution >= 0.6 is 0 Å². The van der Waals surface area contributed by atoms with Crippen molar-refractivity contribution >= 4 is 17.7 Å². The molecule has 1 aromatic heterocycles. The van der Waals surface area contributed by atoms with Crippen molar-refractivity contribution in [1.29, 1.82) is 0 Å². The quantitative estimate of drug-likeness (QED) is 0.726. The molecular weight excluding hydrogens is 320 g/mol. The SMILES string of the molecule is O=C(CCN1C(=O)CCC1=O)N(Cc1ccccc1)Cc1ccco1. The number of rotatable bonds is 7. The van der Waals surface area contributed by atoms with Crippen LogP contribution in [-0.2, 0) is 27.5 Å². The van der Waals surface area contributed by atoms with E-state index in [1.807, 2.05) is 36.4 Å². The van der Waals surface area contributed by atoms with E-state index in [1.54, 1.807) is 17.2 Å². The molecule has 1 aliphatic heterocycles. The fourth-order valence-electron chi connectivity index (χ4n) is 2.86. The number of hydrogen-bond acceptors (Lipinski definition) is 4. The van der Waals surface area contributed by atoms with Gasteiger partial charge in [0.2, 0.25) is 17.7 Å². The van der Waals surface area contributed by atoms with Gasteiger partial charge in [0.05, 0.1) is 12.8 Å². The summed E-state index contributed by atoms with van der Waals surface area (Å²) in [6, 6.07) is 13.3. The zero-order valence-electron chi connectivity index (χ0n) is 13.9. The van der Waals surface area contributed by atoms with Crippen molar-refractivity contribution in [2.45, 2.75) is 32.4 Å². The summed E-state index contributed by atoms with van der Waals surface area (Å²) in [5, 5.41) is 0. The lowest BCUT2D eigenvalue weighted by molar-refractivity contribution is -0.139. The number of imide groups is 1. The molecule has 2 aromatic rings. The maximum Gasteiger partial charge on any atom is 0.229 e. The van der Waals surface area contributed by atoms with Gasteiger partial charge in [0, 0.05) is 32.4 Å². The topological polar surface area (TPSA) is 70.8 Å². The number of nitrogens with zero attached hydrogens (tertiary/aromatic N) is 2. The second-order valence-corrected chi connectivity index (χ2v) is 6.00. The molecule has 1 fully saturated rings. The second-order valence-electron chi connectivity index (χ2n) is 6.00. The van der Waals surface area contributed by atoms with E-state index in [1.165, 1.54) is 4.90 Å². The van der Waals surface area contributed by atoms with Crippen LogP contribution in [0.25, 0.3) is 0 Å². The Balaban J connectivity index is 1.66. The van der Waals surface area contributed by atoms with Gasteiger partial charge in [-0.3, -0.25) is 19.3 Å². The molecule has 0 saturated carbocycles. The second kappa shape index (κ2) is 7.79. The number of amides is 3. The summed E-state index contributed by atoms with van der Waals surface area (Å²) in [5.41, 5.74) is 1.01. The first-order chi connectivity index (χ1) is 12.1. The van der Waals surface area contributed by atoms with Gasteiger partial charge in [-0.2, -0.15) is 0 Å². The van der Waals surface area contributed by atoms with Gasteiger partial charge in [-0.25, -0.2) is 0 Å². The molecule has 0 aliphatic carbocycles. The van der Waals surface area contributed by atoms with Crippen molar-refractivity contribution in [1.82, 2.24) is 9.80 Å². The van der Waals surface area contributed by atoms with Crippen LogP contribution in [0.3, 0.4) is 0 Å². The molecule has 1 aromatic carbocycles. The van der Waals surface area contributed by atoms with Crippen molar-refractivity contribution < 1.29 is 18.8 Å². The van der Waals surface area contributed by atoms with Crippen LogP contribution in [0.1, 0.15) is 30.6 Å². The Morgan fingerprint density at radius 2 is 1.72 bits per heavy atom. The Bertz CT molecular complexity index is 724. The molecule has 6 heteroatoms. The number of benzene rings is 1. The third kappa shape index (κ3) is 4.35. The lowest BCUT2D eigenvalue weighted by atomic mass is 10.2. The van der Waals surface area contributed by atoms with E-state index in [0.717, 1.165) is 5.56 Å². The van der Waals surface area contributed by atoms with Gasteiger partial charge in [0.15, 0.2) is 0 Å². The number of hydrogen-bond donors (Lipinski definition) is 0. The van der Waals surface area contributed by atoms with Crippen molar-refractivity contribution in [3.63, 3.8) is 0 Å². The molecule has 1 aliphatic rings. The van der Waals surface area contributed by atoms with E-state index in [-0.39, 0.29) is 43.5 Å². The predicted octanol–water partition coefficient (Wildman–Crippen LogP) is 2.35. The molecule has 2 heterocycles. The van der Waals surface area contributed by atoms with Gasteiger partial charge in [0.25, 0.3) is 0 Å². The lowest BCUT2D eigenvalue weighted by Crippen LogP contribution is -2.36. The summed E-state index contributed by atoms with van der Waals surface area (Å²) in [5.74, 6) is 0.183. The molecule has 25 heavy (non-hydrogen) atoms. The van der Waals surface area contributed by atoms with Gasteiger partial charge in [-0.05, 0) is 17.7 Å². The number of furan rings is 1. The Hall–Kier alpha value is -2.89. The zero-order chi connectivity index (χ0) is 17.6. The van der Waals surface area contributed by atoms with E-state index in [2.05, 4.69) is 0 Å². The first-order valence-electron chi connectivity index (χ1n) is 8.31. The highest BCUT2D eigenvalue weighted by molar-refractivity contribution is 6.02. The summed E-state index contributed by atoms with van der Waals surface area (Å²) in [4.78, 5) is 38.9. The van der Waals surface area contributed by atoms with Crippen LogP contribution in [-0.4, -0.2) is 34.1 Å². The van der Waals surface area contributed by atoms with Crippen LogP contribution in [0.15, 0.2) is 53.1 Å². The molecule has 3 rings (SSSR count). The Labute approximate surface area is 146 Å². The van der Waals surface area contributed by atoms with E-state index in [0.29, 0.717) is 18.8 Å². The van der Waals surface area contributed by atoms with Gasteiger partial charge < -0.3 is 9.32 Å². The highest BCUT2D eigenvalue weighted by atomic mass is 16.3. The molecule has 3 amide bonds. The fraction of sp³-hybridized carbons (Fsp3) is 0.316. The monoisotopic (exact) mass is 340 g/mol. The largest absolute Gasteiger partial charge is 0.467 e. The van der Waals surface area contributed by atoms with Crippen molar-refractivity contribution in [3.8, 4) is 0 Å². The van der Waals surface area contributed by atoms with E-state index in [4.69, 9.17) is 4.42 Å². The molecule has 0 spiro atoms. The fourth-order valence-corrected chi connectivity index (χ4v) is 2.86. The van der Waals surface area contributed by atoms with Gasteiger partial charge >= 0.3 is 0 Å². The molecule has 0 unspecified atom stereocenters. The minimum Gasteiger partial charge on any atom is -0.467 e. The van der Waals surface area contributed by atoms with Gasteiger partial charge in [0.1, 0.15) is 5.76 Å². The van der Waals surface area contributed by atoms with Crippen molar-refractivity contribution in [2.24, 2.45) is 0 Å². The van der Waals surface area contributed by atoms with Crippen LogP contribution in [0.2, 0.25) is 0 Å². The molecule has 130 valence electrons. The third-order valence-corrected chi connectivity index (χ3v) is 4.20. The third-order valence-electron chi connectivity index (χ3n) is 4.20. The summed E-state index contributed by atoms with van der Waals surface area (Å²) >= 11 is 0. The average molecular weight is 340 g/mol. The van der Waals surface area contributed by atoms with Crippen molar-refractivity contribution in [3.05, 3.63) is 60.1 Å². The highest BCUT2D eigenvalue weighted by Gasteiger charge is 2.29. The van der Waals surface area contributed by atoms with E-state index >= 15 is 0 Å². The summed E-state index contributed by atoms with van der Waals surface area (Å²) in [7, 11) is 0. The van der Waals surface area contributed by atoms with E-state index < -0.39 is 0 Å². The summed E-state index contributed by atoms with van der Waals surface area (Å²) < 4.78 is 5.35. The molecule has 1 saturated heterocycles. The normalized spacial score (nSPS) is 14.2. The molecule has 0 radical (unpaired) electrons. The van der Waals surface area contributed by atoms with Crippen LogP contribution in [0.4, 0.5) is 0 Å². The lowest BCUT2D eigenvalue weighted by Gasteiger charge is -2.23. The van der Waals surface area contributed by atoms with Crippen LogP contribution in [0, 0.1) is 0 Å². The minimum atomic E-state index is -0.196. The predicted molar refractivity (Wildman–Crippen MR) is 90.0 cm³/mol. The standard InChI is InChI=1S/C19H20N2O4/c22-17(10-11-21-18(23)8-9-19(21)24)20(14-16-7-4-12-25-16)13-15-5-2-1-3-6-15/h1-7,12H,8-11,13-14H2. The van der Waals surface area contributed by atoms with Crippen LogP contribution in [0.5, 0.6) is 0 Å². The van der Waals surface area contributed by atoms with Gasteiger partial charge in [-0.15, -0.1) is 0 Å². The van der Waals surface area contributed by atoms with Crippen molar-refractivity contribution in [2.75, 3.05) is 6.54 Å². The minimum absolute atomic E-state index is 0.116. The number of likely N-dealkylation sites (tertiary alicyclic amines) is 1. The Morgan fingerprint density at radius 1 is 1.00 bits per heavy atom.